The van der Waals surface area contributed by atoms with Gasteiger partial charge in [0, 0.05) is 37.9 Å². The summed E-state index contributed by atoms with van der Waals surface area (Å²) in [5.41, 5.74) is 3.31. The van der Waals surface area contributed by atoms with E-state index in [1.807, 2.05) is 46.2 Å². The molecule has 2 aliphatic rings. The van der Waals surface area contributed by atoms with E-state index < -0.39 is 0 Å². The van der Waals surface area contributed by atoms with Crippen LogP contribution in [0.3, 0.4) is 0 Å². The zero-order chi connectivity index (χ0) is 19.3. The van der Waals surface area contributed by atoms with Gasteiger partial charge in [-0.2, -0.15) is 5.10 Å². The highest BCUT2D eigenvalue weighted by molar-refractivity contribution is 5.78. The van der Waals surface area contributed by atoms with Gasteiger partial charge in [0.05, 0.1) is 33.1 Å². The molecule has 1 aromatic carbocycles. The fourth-order valence-corrected chi connectivity index (χ4v) is 3.66. The van der Waals surface area contributed by atoms with Crippen molar-refractivity contribution >= 4 is 11.5 Å². The van der Waals surface area contributed by atoms with Gasteiger partial charge in [-0.15, -0.1) is 0 Å². The molecule has 0 aliphatic carbocycles. The van der Waals surface area contributed by atoms with E-state index in [9.17, 15) is 4.79 Å². The molecule has 0 spiro atoms. The molecule has 0 radical (unpaired) electrons. The summed E-state index contributed by atoms with van der Waals surface area (Å²) in [6.07, 6.45) is 7.05. The summed E-state index contributed by atoms with van der Waals surface area (Å²) in [7, 11) is 1.67. The third kappa shape index (κ3) is 4.10. The van der Waals surface area contributed by atoms with E-state index in [1.54, 1.807) is 7.11 Å². The molecule has 7 nitrogen and oxygen atoms in total. The Morgan fingerprint density at radius 2 is 2.04 bits per heavy atom. The first kappa shape index (κ1) is 18.7. The molecule has 1 saturated heterocycles. The quantitative estimate of drug-likeness (QED) is 0.790. The number of benzene rings is 1. The van der Waals surface area contributed by atoms with Gasteiger partial charge >= 0.3 is 0 Å². The maximum absolute atomic E-state index is 12.4. The Hall–Kier alpha value is -2.64. The fraction of sp³-hybridized carbons (Fsp3) is 0.429. The van der Waals surface area contributed by atoms with Gasteiger partial charge < -0.3 is 14.4 Å². The third-order valence-electron chi connectivity index (χ3n) is 5.30. The molecule has 7 heteroatoms. The first-order valence-electron chi connectivity index (χ1n) is 9.70. The van der Waals surface area contributed by atoms with Crippen molar-refractivity contribution in [3.8, 4) is 11.4 Å². The molecule has 0 unspecified atom stereocenters. The molecular weight excluding hydrogens is 356 g/mol. The van der Waals surface area contributed by atoms with E-state index in [4.69, 9.17) is 9.47 Å². The van der Waals surface area contributed by atoms with Crippen LogP contribution in [0, 0.1) is 0 Å². The van der Waals surface area contributed by atoms with Crippen LogP contribution in [0.25, 0.3) is 11.3 Å². The Morgan fingerprint density at radius 1 is 1.21 bits per heavy atom. The lowest BCUT2D eigenvalue weighted by Gasteiger charge is -2.31. The highest BCUT2D eigenvalue weighted by Crippen LogP contribution is 2.26. The van der Waals surface area contributed by atoms with Crippen molar-refractivity contribution in [2.24, 2.45) is 0 Å². The van der Waals surface area contributed by atoms with Crippen LogP contribution >= 0.6 is 0 Å². The smallest absolute Gasteiger partial charge is 0.236 e. The molecule has 148 valence electrons. The van der Waals surface area contributed by atoms with E-state index in [0.29, 0.717) is 32.8 Å². The van der Waals surface area contributed by atoms with Crippen molar-refractivity contribution < 1.29 is 14.3 Å². The molecule has 2 aliphatic heterocycles. The van der Waals surface area contributed by atoms with E-state index >= 15 is 0 Å². The minimum atomic E-state index is 0.198. The van der Waals surface area contributed by atoms with E-state index in [-0.39, 0.29) is 5.91 Å². The maximum Gasteiger partial charge on any atom is 0.236 e. The fourth-order valence-electron chi connectivity index (χ4n) is 3.66. The monoisotopic (exact) mass is 382 g/mol. The van der Waals surface area contributed by atoms with Crippen molar-refractivity contribution in [1.29, 1.82) is 0 Å². The standard InChI is InChI=1S/C21H26N4O3/c1-27-20-5-3-2-4-19(20)25-15-18(14-22-25)17-6-8-23(9-7-17)16-21(26)24-10-12-28-13-11-24/h2-6,14-15H,7-13,16H2,1H3. The predicted octanol–water partition coefficient (Wildman–Crippen LogP) is 1.83. The van der Waals surface area contributed by atoms with Crippen LogP contribution in [0.15, 0.2) is 42.7 Å². The second kappa shape index (κ2) is 8.58. The van der Waals surface area contributed by atoms with Crippen LogP contribution in [-0.2, 0) is 9.53 Å². The number of ether oxygens (including phenoxy) is 2. The Balaban J connectivity index is 1.39. The summed E-state index contributed by atoms with van der Waals surface area (Å²) in [4.78, 5) is 16.5. The van der Waals surface area contributed by atoms with Crippen LogP contribution in [0.5, 0.6) is 5.75 Å². The first-order chi connectivity index (χ1) is 13.7. The van der Waals surface area contributed by atoms with Crippen LogP contribution in [0.1, 0.15) is 12.0 Å². The number of amides is 1. The lowest BCUT2D eigenvalue weighted by atomic mass is 10.0. The zero-order valence-electron chi connectivity index (χ0n) is 16.2. The topological polar surface area (TPSA) is 59.8 Å². The Kier molecular flexibility index (Phi) is 5.73. The number of carbonyl (C=O) groups is 1. The number of hydrogen-bond acceptors (Lipinski definition) is 5. The number of carbonyl (C=O) groups excluding carboxylic acids is 1. The number of morpholine rings is 1. The van der Waals surface area contributed by atoms with E-state index in [1.165, 1.54) is 5.57 Å². The summed E-state index contributed by atoms with van der Waals surface area (Å²) < 4.78 is 12.6. The average molecular weight is 382 g/mol. The number of rotatable bonds is 5. The third-order valence-corrected chi connectivity index (χ3v) is 5.30. The molecule has 0 bridgehead atoms. The molecular formula is C21H26N4O3. The minimum Gasteiger partial charge on any atom is -0.494 e. The van der Waals surface area contributed by atoms with Gasteiger partial charge in [-0.25, -0.2) is 4.68 Å². The molecule has 1 fully saturated rings. The SMILES string of the molecule is COc1ccccc1-n1cc(C2=CCN(CC(=O)N3CCOCC3)CC2)cn1. The van der Waals surface area contributed by atoms with Gasteiger partial charge in [-0.3, -0.25) is 9.69 Å². The highest BCUT2D eigenvalue weighted by Gasteiger charge is 2.21. The van der Waals surface area contributed by atoms with Gasteiger partial charge in [0.1, 0.15) is 11.4 Å². The highest BCUT2D eigenvalue weighted by atomic mass is 16.5. The minimum absolute atomic E-state index is 0.198. The number of methoxy groups -OCH3 is 1. The summed E-state index contributed by atoms with van der Waals surface area (Å²) in [6.45, 7) is 4.83. The normalized spacial score (nSPS) is 18.0. The molecule has 0 saturated carbocycles. The predicted molar refractivity (Wildman–Crippen MR) is 107 cm³/mol. The van der Waals surface area contributed by atoms with Crippen LogP contribution < -0.4 is 4.74 Å². The van der Waals surface area contributed by atoms with Gasteiger partial charge in [0.2, 0.25) is 5.91 Å². The van der Waals surface area contributed by atoms with Crippen molar-refractivity contribution in [3.05, 3.63) is 48.3 Å². The van der Waals surface area contributed by atoms with Gasteiger partial charge in [-0.05, 0) is 24.1 Å². The van der Waals surface area contributed by atoms with E-state index in [2.05, 4.69) is 16.1 Å². The van der Waals surface area contributed by atoms with E-state index in [0.717, 1.165) is 36.5 Å². The molecule has 2 aromatic rings. The van der Waals surface area contributed by atoms with Crippen LogP contribution in [-0.4, -0.2) is 78.5 Å². The lowest BCUT2D eigenvalue weighted by Crippen LogP contribution is -2.46. The largest absolute Gasteiger partial charge is 0.494 e. The molecule has 3 heterocycles. The Morgan fingerprint density at radius 3 is 2.79 bits per heavy atom. The van der Waals surface area contributed by atoms with Crippen molar-refractivity contribution in [1.82, 2.24) is 19.6 Å². The van der Waals surface area contributed by atoms with Gasteiger partial charge in [-0.1, -0.05) is 18.2 Å². The van der Waals surface area contributed by atoms with Crippen LogP contribution in [0.2, 0.25) is 0 Å². The van der Waals surface area contributed by atoms with Gasteiger partial charge in [0.25, 0.3) is 0 Å². The zero-order valence-corrected chi connectivity index (χ0v) is 16.2. The first-order valence-corrected chi connectivity index (χ1v) is 9.70. The number of para-hydroxylation sites is 2. The average Bonchev–Trinajstić information content (AvgIpc) is 3.25. The number of nitrogens with zero attached hydrogens (tertiary/aromatic N) is 4. The van der Waals surface area contributed by atoms with Gasteiger partial charge in [0.15, 0.2) is 0 Å². The summed E-state index contributed by atoms with van der Waals surface area (Å²) in [6, 6.07) is 7.84. The Labute approximate surface area is 165 Å². The summed E-state index contributed by atoms with van der Waals surface area (Å²) in [5, 5.41) is 4.51. The summed E-state index contributed by atoms with van der Waals surface area (Å²) >= 11 is 0. The summed E-state index contributed by atoms with van der Waals surface area (Å²) in [5.74, 6) is 0.992. The number of aromatic nitrogens is 2. The Bertz CT molecular complexity index is 855. The second-order valence-corrected chi connectivity index (χ2v) is 7.05. The molecule has 1 aromatic heterocycles. The molecule has 0 N–H and O–H groups in total. The lowest BCUT2D eigenvalue weighted by molar-refractivity contribution is -0.136. The molecule has 28 heavy (non-hydrogen) atoms. The molecule has 1 amide bonds. The van der Waals surface area contributed by atoms with Crippen molar-refractivity contribution in [3.63, 3.8) is 0 Å². The number of hydrogen-bond donors (Lipinski definition) is 0. The second-order valence-electron chi connectivity index (χ2n) is 7.05. The maximum atomic E-state index is 12.4. The molecule has 4 rings (SSSR count). The molecule has 0 atom stereocenters. The van der Waals surface area contributed by atoms with Crippen molar-refractivity contribution in [2.75, 3.05) is 53.0 Å². The van der Waals surface area contributed by atoms with Crippen molar-refractivity contribution in [2.45, 2.75) is 6.42 Å². The van der Waals surface area contributed by atoms with Crippen LogP contribution in [0.4, 0.5) is 0 Å².